The smallest absolute Gasteiger partial charge is 0.00966 e. The van der Waals surface area contributed by atoms with Crippen LogP contribution in [0.3, 0.4) is 0 Å². The van der Waals surface area contributed by atoms with Crippen LogP contribution in [0, 0.1) is 5.92 Å². The van der Waals surface area contributed by atoms with Crippen LogP contribution in [0.25, 0.3) is 0 Å². The summed E-state index contributed by atoms with van der Waals surface area (Å²) in [6.45, 7) is 12.1. The maximum atomic E-state index is 5.71. The molecule has 0 bridgehead atoms. The molecule has 0 aromatic carbocycles. The number of rotatable bonds is 6. The molecule has 0 saturated heterocycles. The van der Waals surface area contributed by atoms with Gasteiger partial charge < -0.3 is 11.1 Å². The first-order valence-corrected chi connectivity index (χ1v) is 5.82. The van der Waals surface area contributed by atoms with Gasteiger partial charge >= 0.3 is 0 Å². The van der Waals surface area contributed by atoms with Crippen LogP contribution in [-0.4, -0.2) is 18.1 Å². The number of hydrogen-bond donors (Lipinski definition) is 2. The van der Waals surface area contributed by atoms with Gasteiger partial charge in [-0.3, -0.25) is 0 Å². The van der Waals surface area contributed by atoms with E-state index in [0.717, 1.165) is 18.9 Å². The molecule has 0 amide bonds. The van der Waals surface area contributed by atoms with Gasteiger partial charge in [0.05, 0.1) is 0 Å². The first-order valence-electron chi connectivity index (χ1n) is 5.82. The molecule has 0 aromatic heterocycles. The van der Waals surface area contributed by atoms with E-state index in [4.69, 9.17) is 5.73 Å². The van der Waals surface area contributed by atoms with Gasteiger partial charge in [-0.25, -0.2) is 0 Å². The highest BCUT2D eigenvalue weighted by molar-refractivity contribution is 4.72. The highest BCUT2D eigenvalue weighted by Gasteiger charge is 2.10. The van der Waals surface area contributed by atoms with Crippen molar-refractivity contribution >= 4 is 0 Å². The highest BCUT2D eigenvalue weighted by atomic mass is 14.9. The quantitative estimate of drug-likeness (QED) is 0.691. The standard InChI is InChI=1S/C12H28N2/c1-10(7-6-8-11(2)13)9-14-12(3,4)5/h10-11,14H,6-9,13H2,1-5H3. The van der Waals surface area contributed by atoms with E-state index >= 15 is 0 Å². The third kappa shape index (κ3) is 10.0. The maximum Gasteiger partial charge on any atom is 0.00966 e. The van der Waals surface area contributed by atoms with Crippen LogP contribution in [0.2, 0.25) is 0 Å². The van der Waals surface area contributed by atoms with Crippen molar-refractivity contribution in [2.24, 2.45) is 11.7 Å². The Morgan fingerprint density at radius 3 is 2.14 bits per heavy atom. The zero-order valence-electron chi connectivity index (χ0n) is 10.6. The molecule has 0 rings (SSSR count). The van der Waals surface area contributed by atoms with Gasteiger partial charge in [-0.15, -0.1) is 0 Å². The van der Waals surface area contributed by atoms with Crippen molar-refractivity contribution in [2.45, 2.75) is 65.5 Å². The lowest BCUT2D eigenvalue weighted by Crippen LogP contribution is -2.38. The maximum absolute atomic E-state index is 5.71. The van der Waals surface area contributed by atoms with Gasteiger partial charge in [0.1, 0.15) is 0 Å². The molecule has 2 heteroatoms. The van der Waals surface area contributed by atoms with E-state index in [-0.39, 0.29) is 5.54 Å². The molecule has 2 unspecified atom stereocenters. The van der Waals surface area contributed by atoms with Crippen molar-refractivity contribution in [2.75, 3.05) is 6.54 Å². The Morgan fingerprint density at radius 1 is 1.14 bits per heavy atom. The number of nitrogens with two attached hydrogens (primary N) is 1. The average molecular weight is 200 g/mol. The van der Waals surface area contributed by atoms with Crippen LogP contribution in [0.5, 0.6) is 0 Å². The molecular weight excluding hydrogens is 172 g/mol. The van der Waals surface area contributed by atoms with E-state index in [1.165, 1.54) is 12.8 Å². The molecule has 0 aliphatic carbocycles. The summed E-state index contributed by atoms with van der Waals surface area (Å²) in [6, 6.07) is 0.359. The Kier molecular flexibility index (Phi) is 6.38. The third-order valence-corrected chi connectivity index (χ3v) is 2.34. The summed E-state index contributed by atoms with van der Waals surface area (Å²) in [5.74, 6) is 0.757. The van der Waals surface area contributed by atoms with Crippen molar-refractivity contribution in [3.05, 3.63) is 0 Å². The predicted octanol–water partition coefficient (Wildman–Crippen LogP) is 2.53. The van der Waals surface area contributed by atoms with Crippen LogP contribution in [0.15, 0.2) is 0 Å². The minimum absolute atomic E-state index is 0.245. The molecule has 0 radical (unpaired) electrons. The minimum atomic E-state index is 0.245. The first kappa shape index (κ1) is 13.9. The molecule has 3 N–H and O–H groups in total. The van der Waals surface area contributed by atoms with E-state index in [0.29, 0.717) is 6.04 Å². The van der Waals surface area contributed by atoms with Crippen molar-refractivity contribution in [3.8, 4) is 0 Å². The molecule has 0 aliphatic rings. The fraction of sp³-hybridized carbons (Fsp3) is 1.00. The normalized spacial score (nSPS) is 16.7. The lowest BCUT2D eigenvalue weighted by atomic mass is 10.0. The molecule has 0 saturated carbocycles. The largest absolute Gasteiger partial charge is 0.328 e. The Hall–Kier alpha value is -0.0800. The van der Waals surface area contributed by atoms with Crippen molar-refractivity contribution in [3.63, 3.8) is 0 Å². The summed E-state index contributed by atoms with van der Waals surface area (Å²) in [5.41, 5.74) is 5.95. The van der Waals surface area contributed by atoms with E-state index < -0.39 is 0 Å². The second-order valence-electron chi connectivity index (χ2n) is 5.64. The lowest BCUT2D eigenvalue weighted by molar-refractivity contribution is 0.364. The zero-order valence-corrected chi connectivity index (χ0v) is 10.6. The van der Waals surface area contributed by atoms with Crippen LogP contribution < -0.4 is 11.1 Å². The van der Waals surface area contributed by atoms with Crippen molar-refractivity contribution in [1.29, 1.82) is 0 Å². The average Bonchev–Trinajstić information content (AvgIpc) is 1.99. The van der Waals surface area contributed by atoms with Gasteiger partial charge in [0.15, 0.2) is 0 Å². The van der Waals surface area contributed by atoms with Gasteiger partial charge in [-0.05, 0) is 53.0 Å². The topological polar surface area (TPSA) is 38.0 Å². The molecule has 0 aromatic rings. The van der Waals surface area contributed by atoms with E-state index in [9.17, 15) is 0 Å². The third-order valence-electron chi connectivity index (χ3n) is 2.34. The molecule has 2 atom stereocenters. The number of hydrogen-bond acceptors (Lipinski definition) is 2. The summed E-state index contributed by atoms with van der Waals surface area (Å²) in [5, 5.41) is 3.53. The van der Waals surface area contributed by atoms with Gasteiger partial charge in [0.2, 0.25) is 0 Å². The van der Waals surface area contributed by atoms with Gasteiger partial charge in [-0.1, -0.05) is 13.3 Å². The molecule has 86 valence electrons. The molecule has 0 fully saturated rings. The lowest BCUT2D eigenvalue weighted by Gasteiger charge is -2.23. The molecule has 2 nitrogen and oxygen atoms in total. The van der Waals surface area contributed by atoms with Crippen LogP contribution in [-0.2, 0) is 0 Å². The Morgan fingerprint density at radius 2 is 1.71 bits per heavy atom. The molecule has 0 heterocycles. The Labute approximate surface area is 89.6 Å². The summed E-state index contributed by atoms with van der Waals surface area (Å²) < 4.78 is 0. The van der Waals surface area contributed by atoms with Crippen LogP contribution >= 0.6 is 0 Å². The number of nitrogens with one attached hydrogen (secondary N) is 1. The molecular formula is C12H28N2. The van der Waals surface area contributed by atoms with E-state index in [1.807, 2.05) is 0 Å². The van der Waals surface area contributed by atoms with E-state index in [2.05, 4.69) is 39.9 Å². The fourth-order valence-corrected chi connectivity index (χ4v) is 1.37. The monoisotopic (exact) mass is 200 g/mol. The zero-order chi connectivity index (χ0) is 11.2. The minimum Gasteiger partial charge on any atom is -0.328 e. The first-order chi connectivity index (χ1) is 6.31. The van der Waals surface area contributed by atoms with Crippen LogP contribution in [0.1, 0.15) is 53.9 Å². The summed E-state index contributed by atoms with van der Waals surface area (Å²) in [6.07, 6.45) is 3.69. The van der Waals surface area contributed by atoms with Crippen molar-refractivity contribution < 1.29 is 0 Å². The van der Waals surface area contributed by atoms with Gasteiger partial charge in [0.25, 0.3) is 0 Å². The van der Waals surface area contributed by atoms with Crippen molar-refractivity contribution in [1.82, 2.24) is 5.32 Å². The predicted molar refractivity (Wildman–Crippen MR) is 64.4 cm³/mol. The second kappa shape index (κ2) is 6.41. The second-order valence-corrected chi connectivity index (χ2v) is 5.64. The SMILES string of the molecule is CC(N)CCCC(C)CNC(C)(C)C. The highest BCUT2D eigenvalue weighted by Crippen LogP contribution is 2.09. The van der Waals surface area contributed by atoms with E-state index in [1.54, 1.807) is 0 Å². The summed E-state index contributed by atoms with van der Waals surface area (Å²) in [7, 11) is 0. The fourth-order valence-electron chi connectivity index (χ4n) is 1.37. The summed E-state index contributed by atoms with van der Waals surface area (Å²) in [4.78, 5) is 0. The Balaban J connectivity index is 3.42. The van der Waals surface area contributed by atoms with Crippen LogP contribution in [0.4, 0.5) is 0 Å². The molecule has 14 heavy (non-hydrogen) atoms. The molecule has 0 aliphatic heterocycles. The van der Waals surface area contributed by atoms with Gasteiger partial charge in [-0.2, -0.15) is 0 Å². The van der Waals surface area contributed by atoms with Gasteiger partial charge in [0, 0.05) is 11.6 Å². The summed E-state index contributed by atoms with van der Waals surface area (Å²) >= 11 is 0. The Bertz CT molecular complexity index is 136. The molecule has 0 spiro atoms.